The number of aromatic nitrogens is 1. The molecule has 1 aliphatic rings. The number of nitrogens with zero attached hydrogens (tertiary/aromatic N) is 3. The molecule has 2 aromatic carbocycles. The number of pyridine rings is 1. The van der Waals surface area contributed by atoms with Gasteiger partial charge in [0, 0.05) is 29.7 Å². The van der Waals surface area contributed by atoms with Crippen LogP contribution in [0.3, 0.4) is 0 Å². The van der Waals surface area contributed by atoms with Crippen molar-refractivity contribution in [1.29, 1.82) is 5.26 Å². The fraction of sp³-hybridized carbons (Fsp3) is 0.0526. The van der Waals surface area contributed by atoms with E-state index >= 15 is 0 Å². The van der Waals surface area contributed by atoms with Crippen molar-refractivity contribution >= 4 is 17.2 Å². The molecule has 0 bridgehead atoms. The van der Waals surface area contributed by atoms with E-state index in [-0.39, 0.29) is 34.4 Å². The summed E-state index contributed by atoms with van der Waals surface area (Å²) in [6.45, 7) is 0. The summed E-state index contributed by atoms with van der Waals surface area (Å²) < 4.78 is 5.77. The Balaban J connectivity index is 2.04. The van der Waals surface area contributed by atoms with Crippen molar-refractivity contribution in [2.75, 3.05) is 11.5 Å². The second-order valence-corrected chi connectivity index (χ2v) is 6.23. The molecule has 0 saturated heterocycles. The largest absolute Gasteiger partial charge is 0.508 e. The number of aromatic hydroxyl groups is 1. The Hall–Kier alpha value is -4.32. The molecule has 1 unspecified atom stereocenters. The number of nitro benzene ring substituents is 1. The predicted octanol–water partition coefficient (Wildman–Crippen LogP) is 3.02. The number of nitro groups is 1. The average molecular weight is 375 g/mol. The molecule has 28 heavy (non-hydrogen) atoms. The minimum absolute atomic E-state index is 0.0139. The van der Waals surface area contributed by atoms with E-state index in [4.69, 9.17) is 16.2 Å². The number of rotatable bonds is 2. The minimum Gasteiger partial charge on any atom is -0.508 e. The summed E-state index contributed by atoms with van der Waals surface area (Å²) in [5, 5.41) is 30.4. The van der Waals surface area contributed by atoms with Crippen molar-refractivity contribution in [2.45, 2.75) is 5.92 Å². The number of non-ortho nitro benzene ring substituents is 1. The average Bonchev–Trinajstić information content (AvgIpc) is 2.66. The molecule has 9 nitrogen and oxygen atoms in total. The van der Waals surface area contributed by atoms with Crippen LogP contribution in [0.2, 0.25) is 0 Å². The van der Waals surface area contributed by atoms with E-state index in [1.807, 2.05) is 6.07 Å². The summed E-state index contributed by atoms with van der Waals surface area (Å²) in [6.07, 6.45) is 0. The zero-order valence-electron chi connectivity index (χ0n) is 14.3. The standard InChI is InChI=1S/C19H13N5O4/c20-8-13-17(21)16-15(9-2-1-3-10(6-9)24(26)27)12-5-4-11(25)7-14(12)28-19(16)23-18(13)22/h1-7,15,25H,(H4,21,22,23). The first-order chi connectivity index (χ1) is 13.4. The summed E-state index contributed by atoms with van der Waals surface area (Å²) >= 11 is 0. The number of nitrogen functional groups attached to an aromatic ring is 2. The van der Waals surface area contributed by atoms with Gasteiger partial charge in [0.1, 0.15) is 28.9 Å². The van der Waals surface area contributed by atoms with Gasteiger partial charge in [-0.3, -0.25) is 10.1 Å². The Kier molecular flexibility index (Phi) is 3.75. The second-order valence-electron chi connectivity index (χ2n) is 6.23. The molecule has 0 saturated carbocycles. The monoisotopic (exact) mass is 375 g/mol. The zero-order valence-corrected chi connectivity index (χ0v) is 14.3. The van der Waals surface area contributed by atoms with Crippen LogP contribution < -0.4 is 16.2 Å². The topological polar surface area (TPSA) is 161 Å². The Morgan fingerprint density at radius 3 is 2.75 bits per heavy atom. The maximum Gasteiger partial charge on any atom is 0.269 e. The van der Waals surface area contributed by atoms with Gasteiger partial charge in [0.25, 0.3) is 5.69 Å². The fourth-order valence-electron chi connectivity index (χ4n) is 3.36. The number of anilines is 2. The van der Waals surface area contributed by atoms with E-state index in [1.165, 1.54) is 24.3 Å². The van der Waals surface area contributed by atoms with Crippen molar-refractivity contribution in [3.63, 3.8) is 0 Å². The van der Waals surface area contributed by atoms with Crippen molar-refractivity contribution < 1.29 is 14.8 Å². The molecule has 0 aliphatic carbocycles. The van der Waals surface area contributed by atoms with Gasteiger partial charge < -0.3 is 21.3 Å². The van der Waals surface area contributed by atoms with E-state index in [0.717, 1.165) is 0 Å². The minimum atomic E-state index is -0.598. The fourth-order valence-corrected chi connectivity index (χ4v) is 3.36. The molecule has 0 spiro atoms. The quantitative estimate of drug-likeness (QED) is 0.356. The number of nitriles is 1. The Bertz CT molecular complexity index is 1190. The smallest absolute Gasteiger partial charge is 0.269 e. The second kappa shape index (κ2) is 6.14. The molecule has 0 amide bonds. The maximum atomic E-state index is 11.2. The van der Waals surface area contributed by atoms with Crippen LogP contribution in [0.5, 0.6) is 17.4 Å². The van der Waals surface area contributed by atoms with E-state index in [0.29, 0.717) is 22.4 Å². The first-order valence-corrected chi connectivity index (χ1v) is 8.14. The molecule has 5 N–H and O–H groups in total. The van der Waals surface area contributed by atoms with Crippen LogP contribution in [-0.4, -0.2) is 15.0 Å². The molecule has 1 aliphatic heterocycles. The van der Waals surface area contributed by atoms with Gasteiger partial charge in [-0.2, -0.15) is 10.2 Å². The lowest BCUT2D eigenvalue weighted by Crippen LogP contribution is -2.17. The van der Waals surface area contributed by atoms with Crippen LogP contribution >= 0.6 is 0 Å². The number of benzene rings is 2. The van der Waals surface area contributed by atoms with Crippen LogP contribution in [0.4, 0.5) is 17.2 Å². The summed E-state index contributed by atoms with van der Waals surface area (Å²) in [7, 11) is 0. The summed E-state index contributed by atoms with van der Waals surface area (Å²) in [5.74, 6) is -0.294. The lowest BCUT2D eigenvalue weighted by molar-refractivity contribution is -0.384. The lowest BCUT2D eigenvalue weighted by atomic mass is 9.82. The molecule has 3 aromatic rings. The van der Waals surface area contributed by atoms with E-state index < -0.39 is 10.8 Å². The maximum absolute atomic E-state index is 11.2. The third-order valence-electron chi connectivity index (χ3n) is 4.60. The van der Waals surface area contributed by atoms with E-state index in [1.54, 1.807) is 18.2 Å². The molecule has 9 heteroatoms. The Morgan fingerprint density at radius 2 is 2.04 bits per heavy atom. The number of phenolic OH excluding ortho intramolecular Hbond substituents is 1. The van der Waals surface area contributed by atoms with Crippen LogP contribution in [-0.2, 0) is 0 Å². The van der Waals surface area contributed by atoms with Crippen molar-refractivity contribution in [2.24, 2.45) is 0 Å². The highest BCUT2D eigenvalue weighted by Crippen LogP contribution is 2.51. The molecule has 2 heterocycles. The molecule has 0 fully saturated rings. The van der Waals surface area contributed by atoms with Crippen molar-refractivity contribution in [1.82, 2.24) is 4.98 Å². The van der Waals surface area contributed by atoms with E-state index in [9.17, 15) is 20.5 Å². The van der Waals surface area contributed by atoms with Crippen LogP contribution in [0, 0.1) is 21.4 Å². The predicted molar refractivity (Wildman–Crippen MR) is 100.0 cm³/mol. The van der Waals surface area contributed by atoms with Gasteiger partial charge >= 0.3 is 0 Å². The Labute approximate surface area is 158 Å². The number of nitrogens with two attached hydrogens (primary N) is 2. The Morgan fingerprint density at radius 1 is 1.25 bits per heavy atom. The molecule has 1 aromatic heterocycles. The lowest BCUT2D eigenvalue weighted by Gasteiger charge is -2.29. The van der Waals surface area contributed by atoms with Crippen LogP contribution in [0.25, 0.3) is 0 Å². The number of fused-ring (bicyclic) bond motifs is 2. The number of hydrogen-bond donors (Lipinski definition) is 3. The first-order valence-electron chi connectivity index (χ1n) is 8.14. The third kappa shape index (κ3) is 2.52. The third-order valence-corrected chi connectivity index (χ3v) is 4.60. The number of ether oxygens (including phenoxy) is 1. The van der Waals surface area contributed by atoms with Gasteiger partial charge in [0.2, 0.25) is 5.88 Å². The highest BCUT2D eigenvalue weighted by atomic mass is 16.6. The SMILES string of the molecule is N#Cc1c(N)nc2c(c1N)C(c1cccc([N+](=O)[O-])c1)c1ccc(O)cc1O2. The van der Waals surface area contributed by atoms with Crippen LogP contribution in [0.15, 0.2) is 42.5 Å². The highest BCUT2D eigenvalue weighted by molar-refractivity contribution is 5.75. The van der Waals surface area contributed by atoms with E-state index in [2.05, 4.69) is 4.98 Å². The zero-order chi connectivity index (χ0) is 20.0. The molecular formula is C19H13N5O4. The van der Waals surface area contributed by atoms with Gasteiger partial charge in [-0.15, -0.1) is 0 Å². The molecule has 138 valence electrons. The van der Waals surface area contributed by atoms with Crippen molar-refractivity contribution in [3.8, 4) is 23.4 Å². The van der Waals surface area contributed by atoms with Crippen LogP contribution in [0.1, 0.15) is 28.2 Å². The van der Waals surface area contributed by atoms with Gasteiger partial charge in [0.05, 0.1) is 16.2 Å². The number of phenols is 1. The van der Waals surface area contributed by atoms with Gasteiger partial charge in [-0.05, 0) is 11.6 Å². The summed E-state index contributed by atoms with van der Waals surface area (Å²) in [6, 6.07) is 12.5. The first kappa shape index (κ1) is 17.1. The van der Waals surface area contributed by atoms with Gasteiger partial charge in [-0.25, -0.2) is 0 Å². The normalized spacial score (nSPS) is 14.3. The molecule has 0 radical (unpaired) electrons. The summed E-state index contributed by atoms with van der Waals surface area (Å²) in [4.78, 5) is 14.9. The summed E-state index contributed by atoms with van der Waals surface area (Å²) in [5.41, 5.74) is 13.6. The van der Waals surface area contributed by atoms with Crippen molar-refractivity contribution in [3.05, 3.63) is 74.8 Å². The molecule has 4 rings (SSSR count). The molecule has 1 atom stereocenters. The molecular weight excluding hydrogens is 362 g/mol. The number of hydrogen-bond acceptors (Lipinski definition) is 8. The highest BCUT2D eigenvalue weighted by Gasteiger charge is 2.34. The van der Waals surface area contributed by atoms with Gasteiger partial charge in [-0.1, -0.05) is 18.2 Å². The van der Waals surface area contributed by atoms with Gasteiger partial charge in [0.15, 0.2) is 0 Å².